The van der Waals surface area contributed by atoms with E-state index in [9.17, 15) is 5.11 Å². The summed E-state index contributed by atoms with van der Waals surface area (Å²) in [6, 6.07) is 4.16. The van der Waals surface area contributed by atoms with Gasteiger partial charge >= 0.3 is 1.43 Å². The second-order valence-corrected chi connectivity index (χ2v) is 6.43. The van der Waals surface area contributed by atoms with Gasteiger partial charge in [-0.15, -0.1) is 12.4 Å². The van der Waals surface area contributed by atoms with Crippen molar-refractivity contribution in [2.75, 3.05) is 20.7 Å². The van der Waals surface area contributed by atoms with E-state index in [2.05, 4.69) is 24.1 Å². The fourth-order valence-electron chi connectivity index (χ4n) is 4.08. The van der Waals surface area contributed by atoms with Crippen molar-refractivity contribution in [3.8, 4) is 11.5 Å². The number of nitrogens with zero attached hydrogens (tertiary/aromatic N) is 1. The summed E-state index contributed by atoms with van der Waals surface area (Å²) in [4.78, 5) is 2.35. The van der Waals surface area contributed by atoms with Gasteiger partial charge in [0.25, 0.3) is 0 Å². The molecule has 0 amide bonds. The summed E-state index contributed by atoms with van der Waals surface area (Å²) < 4.78 is 11.8. The molecule has 0 unspecified atom stereocenters. The summed E-state index contributed by atoms with van der Waals surface area (Å²) in [5.74, 6) is 1.68. The minimum Gasteiger partial charge on any atom is -1.00 e. The van der Waals surface area contributed by atoms with Gasteiger partial charge in [0.1, 0.15) is 6.10 Å². The third kappa shape index (κ3) is 2.68. The van der Waals surface area contributed by atoms with E-state index >= 15 is 0 Å². The Bertz CT molecular complexity index is 630. The highest BCUT2D eigenvalue weighted by Crippen LogP contribution is 2.55. The van der Waals surface area contributed by atoms with Crippen LogP contribution in [0.5, 0.6) is 11.5 Å². The number of aliphatic hydroxyl groups is 1. The first-order valence-electron chi connectivity index (χ1n) is 7.57. The Morgan fingerprint density at radius 2 is 2.22 bits per heavy atom. The molecule has 0 aromatic heterocycles. The lowest BCUT2D eigenvalue weighted by Gasteiger charge is -2.35. The van der Waals surface area contributed by atoms with Crippen LogP contribution in [0.25, 0.3) is 0 Å². The van der Waals surface area contributed by atoms with Crippen LogP contribution in [0.4, 0.5) is 0 Å². The Kier molecular flexibility index (Phi) is 5.36. The lowest BCUT2D eigenvalue weighted by molar-refractivity contribution is -0.00000873. The lowest BCUT2D eigenvalue weighted by Crippen LogP contribution is -3.00. The summed E-state index contributed by atoms with van der Waals surface area (Å²) in [6.45, 7) is 1.96. The van der Waals surface area contributed by atoms with E-state index in [0.717, 1.165) is 31.0 Å². The molecule has 0 bridgehead atoms. The molecule has 3 aliphatic rings. The smallest absolute Gasteiger partial charge is 1.00 e. The van der Waals surface area contributed by atoms with E-state index in [1.807, 2.05) is 12.1 Å². The van der Waals surface area contributed by atoms with E-state index in [4.69, 9.17) is 9.47 Å². The van der Waals surface area contributed by atoms with E-state index in [-0.39, 0.29) is 42.3 Å². The molecule has 0 saturated carbocycles. The third-order valence-electron chi connectivity index (χ3n) is 5.15. The predicted molar refractivity (Wildman–Crippen MR) is 88.2 cm³/mol. The van der Waals surface area contributed by atoms with Crippen molar-refractivity contribution in [2.24, 2.45) is 0 Å². The molecule has 2 heterocycles. The van der Waals surface area contributed by atoms with Gasteiger partial charge < -0.3 is 36.5 Å². The third-order valence-corrected chi connectivity index (χ3v) is 5.15. The average Bonchev–Trinajstić information content (AvgIpc) is 2.72. The standard InChI is InChI=1S/C17H21NO3.BrH.ClH/c1-18-8-7-17-6-5-12(19)9-14(17)21-16-13(20-2)4-3-11(10-18)15(16)17;;/h3-6,12,14,19H,7-10H2,1-2H3;2*1H/t12-,14-,17-;;/m0../s1. The van der Waals surface area contributed by atoms with Gasteiger partial charge in [0.05, 0.1) is 18.6 Å². The topological polar surface area (TPSA) is 41.9 Å². The number of methoxy groups -OCH3 is 1. The van der Waals surface area contributed by atoms with Gasteiger partial charge in [-0.25, -0.2) is 0 Å². The molecule has 1 aromatic rings. The van der Waals surface area contributed by atoms with E-state index in [0.29, 0.717) is 6.42 Å². The number of rotatable bonds is 1. The quantitative estimate of drug-likeness (QED) is 0.634. The zero-order chi connectivity index (χ0) is 14.6. The van der Waals surface area contributed by atoms with Crippen molar-refractivity contribution < 1.29 is 33.0 Å². The first-order chi connectivity index (χ1) is 10.1. The van der Waals surface area contributed by atoms with Crippen LogP contribution in [0, 0.1) is 0 Å². The molecule has 4 nitrogen and oxygen atoms in total. The van der Waals surface area contributed by atoms with Gasteiger partial charge in [0.15, 0.2) is 11.5 Å². The minimum absolute atomic E-state index is 0. The van der Waals surface area contributed by atoms with E-state index in [1.165, 1.54) is 11.1 Å². The van der Waals surface area contributed by atoms with Crippen LogP contribution >= 0.6 is 12.4 Å². The minimum atomic E-state index is -0.412. The summed E-state index contributed by atoms with van der Waals surface area (Å²) in [5, 5.41) is 9.97. The largest absolute Gasteiger partial charge is 1.00 e. The highest BCUT2D eigenvalue weighted by molar-refractivity contribution is 5.85. The summed E-state index contributed by atoms with van der Waals surface area (Å²) in [5.41, 5.74) is 2.48. The van der Waals surface area contributed by atoms with Gasteiger partial charge in [-0.3, -0.25) is 0 Å². The molecule has 1 spiro atoms. The van der Waals surface area contributed by atoms with Crippen LogP contribution in [0.15, 0.2) is 24.3 Å². The van der Waals surface area contributed by atoms with Crippen LogP contribution < -0.4 is 26.5 Å². The molecule has 0 fully saturated rings. The Morgan fingerprint density at radius 1 is 1.43 bits per heavy atom. The fraction of sp³-hybridized carbons (Fsp3) is 0.529. The average molecular weight is 405 g/mol. The molecule has 23 heavy (non-hydrogen) atoms. The Hall–Kier alpha value is -0.750. The maximum atomic E-state index is 9.97. The lowest BCUT2D eigenvalue weighted by atomic mass is 9.69. The maximum absolute atomic E-state index is 9.97. The molecular weight excluding hydrogens is 382 g/mol. The molecular formula is C17H23BrClNO3. The number of aliphatic hydroxyl groups excluding tert-OH is 1. The van der Waals surface area contributed by atoms with Crippen LogP contribution in [-0.2, 0) is 12.0 Å². The van der Waals surface area contributed by atoms with E-state index < -0.39 is 6.10 Å². The second-order valence-electron chi connectivity index (χ2n) is 6.43. The summed E-state index contributed by atoms with van der Waals surface area (Å²) >= 11 is 0. The monoisotopic (exact) mass is 403 g/mol. The summed E-state index contributed by atoms with van der Waals surface area (Å²) in [6.07, 6.45) is 5.38. The highest BCUT2D eigenvalue weighted by atomic mass is 79.9. The Balaban J connectivity index is 0.000000960. The maximum Gasteiger partial charge on any atom is 1.00 e. The van der Waals surface area contributed by atoms with Crippen molar-refractivity contribution >= 4 is 12.4 Å². The fourth-order valence-corrected chi connectivity index (χ4v) is 4.08. The van der Waals surface area contributed by atoms with Crippen molar-refractivity contribution in [3.63, 3.8) is 0 Å². The number of halogens is 2. The Morgan fingerprint density at radius 3 is 2.96 bits per heavy atom. The molecule has 3 atom stereocenters. The first kappa shape index (κ1) is 18.6. The first-order valence-corrected chi connectivity index (χ1v) is 7.57. The predicted octanol–water partition coefficient (Wildman–Crippen LogP) is -0.611. The number of benzene rings is 1. The molecule has 4 rings (SSSR count). The van der Waals surface area contributed by atoms with Crippen molar-refractivity contribution in [2.45, 2.75) is 37.0 Å². The van der Waals surface area contributed by atoms with E-state index in [1.54, 1.807) is 7.11 Å². The molecule has 128 valence electrons. The Labute approximate surface area is 155 Å². The van der Waals surface area contributed by atoms with Gasteiger partial charge in [-0.2, -0.15) is 0 Å². The van der Waals surface area contributed by atoms with Gasteiger partial charge in [0, 0.05) is 18.5 Å². The zero-order valence-electron chi connectivity index (χ0n) is 14.3. The van der Waals surface area contributed by atoms with Crippen LogP contribution in [0.2, 0.25) is 0 Å². The normalized spacial score (nSPS) is 30.9. The van der Waals surface area contributed by atoms with Crippen molar-refractivity contribution in [1.29, 1.82) is 0 Å². The van der Waals surface area contributed by atoms with Crippen molar-refractivity contribution in [3.05, 3.63) is 35.4 Å². The zero-order valence-corrected chi connectivity index (χ0v) is 15.7. The SMILES string of the molecule is COc1ccc2c3c1O[C@H]1C[C@@H](O)C=C[C@@]31CCN(C)C2.Cl.[Br-].[H+]. The van der Waals surface area contributed by atoms with Crippen molar-refractivity contribution in [1.82, 2.24) is 4.90 Å². The van der Waals surface area contributed by atoms with Crippen LogP contribution in [-0.4, -0.2) is 42.9 Å². The van der Waals surface area contributed by atoms with Gasteiger partial charge in [-0.05, 0) is 31.6 Å². The van der Waals surface area contributed by atoms with Crippen LogP contribution in [0.3, 0.4) is 0 Å². The number of hydrogen-bond donors (Lipinski definition) is 1. The second kappa shape index (κ2) is 6.63. The number of ether oxygens (including phenoxy) is 2. The molecule has 6 heteroatoms. The number of hydrogen-bond acceptors (Lipinski definition) is 4. The molecule has 1 aromatic carbocycles. The molecule has 1 aliphatic carbocycles. The molecule has 1 N–H and O–H groups in total. The highest BCUT2D eigenvalue weighted by Gasteiger charge is 2.52. The molecule has 0 radical (unpaired) electrons. The van der Waals surface area contributed by atoms with Gasteiger partial charge in [-0.1, -0.05) is 18.2 Å². The molecule has 0 saturated heterocycles. The van der Waals surface area contributed by atoms with Gasteiger partial charge in [0.2, 0.25) is 0 Å². The molecule has 2 aliphatic heterocycles. The van der Waals surface area contributed by atoms with Crippen LogP contribution in [0.1, 0.15) is 25.4 Å². The summed E-state index contributed by atoms with van der Waals surface area (Å²) in [7, 11) is 3.84.